The molecule has 0 aromatic heterocycles. The van der Waals surface area contributed by atoms with E-state index >= 15 is 0 Å². The van der Waals surface area contributed by atoms with E-state index in [1.807, 2.05) is 26.0 Å². The zero-order valence-corrected chi connectivity index (χ0v) is 15.2. The third-order valence-electron chi connectivity index (χ3n) is 4.54. The van der Waals surface area contributed by atoms with Crippen LogP contribution in [0.2, 0.25) is 0 Å². The molecular formula is C21H28N2O2. The summed E-state index contributed by atoms with van der Waals surface area (Å²) < 4.78 is 11.9. The van der Waals surface area contributed by atoms with Crippen LogP contribution in [0, 0.1) is 0 Å². The van der Waals surface area contributed by atoms with Gasteiger partial charge in [-0.25, -0.2) is 0 Å². The van der Waals surface area contributed by atoms with E-state index in [1.165, 1.54) is 11.1 Å². The van der Waals surface area contributed by atoms with Gasteiger partial charge in [0, 0.05) is 37.3 Å². The van der Waals surface area contributed by atoms with Crippen LogP contribution in [0.3, 0.4) is 0 Å². The van der Waals surface area contributed by atoms with E-state index in [2.05, 4.69) is 46.6 Å². The highest BCUT2D eigenvalue weighted by molar-refractivity contribution is 5.46. The molecule has 4 nitrogen and oxygen atoms in total. The molecular weight excluding hydrogens is 312 g/mol. The zero-order valence-electron chi connectivity index (χ0n) is 15.2. The quantitative estimate of drug-likeness (QED) is 0.837. The predicted octanol–water partition coefficient (Wildman–Crippen LogP) is 3.48. The summed E-state index contributed by atoms with van der Waals surface area (Å²) in [7, 11) is 0. The highest BCUT2D eigenvalue weighted by Gasteiger charge is 2.28. The van der Waals surface area contributed by atoms with Crippen molar-refractivity contribution in [2.24, 2.45) is 0 Å². The molecule has 0 radical (unpaired) electrons. The minimum atomic E-state index is 0.132. The number of hydrogen-bond donors (Lipinski definition) is 1. The topological polar surface area (TPSA) is 33.7 Å². The Labute approximate surface area is 150 Å². The van der Waals surface area contributed by atoms with Gasteiger partial charge in [-0.1, -0.05) is 36.4 Å². The Kier molecular flexibility index (Phi) is 6.31. The van der Waals surface area contributed by atoms with Crippen LogP contribution in [0.15, 0.2) is 48.5 Å². The Morgan fingerprint density at radius 1 is 0.840 bits per heavy atom. The Bertz CT molecular complexity index is 619. The first-order chi connectivity index (χ1) is 12.3. The molecule has 0 atom stereocenters. The van der Waals surface area contributed by atoms with Gasteiger partial charge in [0.15, 0.2) is 0 Å². The fourth-order valence-corrected chi connectivity index (χ4v) is 3.49. The van der Waals surface area contributed by atoms with Crippen molar-refractivity contribution < 1.29 is 9.47 Å². The molecule has 25 heavy (non-hydrogen) atoms. The molecule has 1 fully saturated rings. The Balaban J connectivity index is 2.08. The van der Waals surface area contributed by atoms with Crippen LogP contribution in [0.25, 0.3) is 0 Å². The molecule has 1 aliphatic heterocycles. The van der Waals surface area contributed by atoms with Crippen LogP contribution < -0.4 is 14.8 Å². The molecule has 2 aromatic rings. The molecule has 0 aliphatic carbocycles. The van der Waals surface area contributed by atoms with E-state index in [0.29, 0.717) is 13.2 Å². The van der Waals surface area contributed by atoms with Crippen molar-refractivity contribution in [1.29, 1.82) is 0 Å². The summed E-state index contributed by atoms with van der Waals surface area (Å²) in [6, 6.07) is 16.9. The average molecular weight is 340 g/mol. The number of nitrogens with zero attached hydrogens (tertiary/aromatic N) is 1. The Hall–Kier alpha value is -2.04. The maximum Gasteiger partial charge on any atom is 0.124 e. The maximum atomic E-state index is 5.95. The van der Waals surface area contributed by atoms with Crippen molar-refractivity contribution >= 4 is 0 Å². The summed E-state index contributed by atoms with van der Waals surface area (Å²) in [5.41, 5.74) is 2.41. The van der Waals surface area contributed by atoms with Gasteiger partial charge in [0.05, 0.1) is 19.3 Å². The molecule has 0 saturated carbocycles. The summed E-state index contributed by atoms with van der Waals surface area (Å²) in [5, 5.41) is 3.45. The highest BCUT2D eigenvalue weighted by Crippen LogP contribution is 2.39. The van der Waals surface area contributed by atoms with Crippen LogP contribution in [0.1, 0.15) is 31.0 Å². The fourth-order valence-electron chi connectivity index (χ4n) is 3.49. The summed E-state index contributed by atoms with van der Waals surface area (Å²) in [6.07, 6.45) is 0. The molecule has 4 heteroatoms. The van der Waals surface area contributed by atoms with E-state index in [1.54, 1.807) is 0 Å². The van der Waals surface area contributed by atoms with Gasteiger partial charge in [-0.15, -0.1) is 0 Å². The van der Waals surface area contributed by atoms with Gasteiger partial charge in [0.2, 0.25) is 0 Å². The standard InChI is InChI=1S/C21H28N2O2/c1-3-24-19-11-7-5-9-17(19)21(23-15-13-22-14-16-23)18-10-6-8-12-20(18)25-4-2/h5-12,21-22H,3-4,13-16H2,1-2H3. The fraction of sp³-hybridized carbons (Fsp3) is 0.429. The van der Waals surface area contributed by atoms with Gasteiger partial charge in [0.1, 0.15) is 11.5 Å². The molecule has 134 valence electrons. The number of para-hydroxylation sites is 2. The monoisotopic (exact) mass is 340 g/mol. The number of hydrogen-bond acceptors (Lipinski definition) is 4. The molecule has 2 aromatic carbocycles. The highest BCUT2D eigenvalue weighted by atomic mass is 16.5. The van der Waals surface area contributed by atoms with Gasteiger partial charge in [-0.05, 0) is 26.0 Å². The van der Waals surface area contributed by atoms with E-state index in [9.17, 15) is 0 Å². The van der Waals surface area contributed by atoms with Crippen LogP contribution in [0.4, 0.5) is 0 Å². The smallest absolute Gasteiger partial charge is 0.124 e. The average Bonchev–Trinajstić information content (AvgIpc) is 2.66. The van der Waals surface area contributed by atoms with Crippen LogP contribution in [-0.4, -0.2) is 44.3 Å². The molecule has 3 rings (SSSR count). The first-order valence-electron chi connectivity index (χ1n) is 9.23. The summed E-state index contributed by atoms with van der Waals surface area (Å²) in [6.45, 7) is 9.41. The van der Waals surface area contributed by atoms with E-state index in [4.69, 9.17) is 9.47 Å². The Morgan fingerprint density at radius 2 is 1.32 bits per heavy atom. The van der Waals surface area contributed by atoms with Crippen molar-refractivity contribution in [3.8, 4) is 11.5 Å². The first kappa shape index (κ1) is 17.8. The molecule has 1 aliphatic rings. The Morgan fingerprint density at radius 3 is 1.80 bits per heavy atom. The molecule has 1 N–H and O–H groups in total. The number of ether oxygens (including phenoxy) is 2. The minimum Gasteiger partial charge on any atom is -0.494 e. The minimum absolute atomic E-state index is 0.132. The number of rotatable bonds is 7. The SMILES string of the molecule is CCOc1ccccc1C(c1ccccc1OCC)N1CCNCC1. The van der Waals surface area contributed by atoms with Crippen molar-refractivity contribution in [2.75, 3.05) is 39.4 Å². The number of benzene rings is 2. The maximum absolute atomic E-state index is 5.95. The normalized spacial score (nSPS) is 15.3. The van der Waals surface area contributed by atoms with Crippen molar-refractivity contribution in [3.05, 3.63) is 59.7 Å². The lowest BCUT2D eigenvalue weighted by Crippen LogP contribution is -2.45. The zero-order chi connectivity index (χ0) is 17.5. The molecule has 0 spiro atoms. The van der Waals surface area contributed by atoms with Crippen molar-refractivity contribution in [3.63, 3.8) is 0 Å². The summed E-state index contributed by atoms with van der Waals surface area (Å²) in [4.78, 5) is 2.52. The lowest BCUT2D eigenvalue weighted by molar-refractivity contribution is 0.190. The summed E-state index contributed by atoms with van der Waals surface area (Å²) in [5.74, 6) is 1.92. The largest absolute Gasteiger partial charge is 0.494 e. The first-order valence-corrected chi connectivity index (χ1v) is 9.23. The molecule has 0 unspecified atom stereocenters. The van der Waals surface area contributed by atoms with Gasteiger partial charge >= 0.3 is 0 Å². The lowest BCUT2D eigenvalue weighted by Gasteiger charge is -2.36. The van der Waals surface area contributed by atoms with Gasteiger partial charge in [-0.2, -0.15) is 0 Å². The second-order valence-electron chi connectivity index (χ2n) is 6.13. The van der Waals surface area contributed by atoms with E-state index < -0.39 is 0 Å². The third-order valence-corrected chi connectivity index (χ3v) is 4.54. The molecule has 1 saturated heterocycles. The molecule has 0 bridgehead atoms. The van der Waals surface area contributed by atoms with Gasteiger partial charge < -0.3 is 14.8 Å². The van der Waals surface area contributed by atoms with Crippen LogP contribution >= 0.6 is 0 Å². The van der Waals surface area contributed by atoms with Crippen molar-refractivity contribution in [2.45, 2.75) is 19.9 Å². The van der Waals surface area contributed by atoms with Crippen molar-refractivity contribution in [1.82, 2.24) is 10.2 Å². The van der Waals surface area contributed by atoms with E-state index in [0.717, 1.165) is 37.7 Å². The van der Waals surface area contributed by atoms with Gasteiger partial charge in [-0.3, -0.25) is 4.90 Å². The number of nitrogens with one attached hydrogen (secondary N) is 1. The third kappa shape index (κ3) is 4.14. The number of piperazine rings is 1. The van der Waals surface area contributed by atoms with Crippen LogP contribution in [0.5, 0.6) is 11.5 Å². The van der Waals surface area contributed by atoms with Gasteiger partial charge in [0.25, 0.3) is 0 Å². The van der Waals surface area contributed by atoms with Crippen LogP contribution in [-0.2, 0) is 0 Å². The molecule has 0 amide bonds. The second-order valence-corrected chi connectivity index (χ2v) is 6.13. The summed E-state index contributed by atoms with van der Waals surface area (Å²) >= 11 is 0. The molecule has 1 heterocycles. The second kappa shape index (κ2) is 8.88. The lowest BCUT2D eigenvalue weighted by atomic mass is 9.94. The van der Waals surface area contributed by atoms with E-state index in [-0.39, 0.29) is 6.04 Å². The predicted molar refractivity (Wildman–Crippen MR) is 102 cm³/mol.